The quantitative estimate of drug-likeness (QED) is 0.785. The van der Waals surface area contributed by atoms with Crippen LogP contribution in [0.15, 0.2) is 12.4 Å². The lowest BCUT2D eigenvalue weighted by Gasteiger charge is -2.06. The molecule has 0 spiro atoms. The number of hydrogen-bond donors (Lipinski definition) is 1. The molecule has 0 amide bonds. The minimum atomic E-state index is -3.84. The summed E-state index contributed by atoms with van der Waals surface area (Å²) in [6, 6.07) is 0. The van der Waals surface area contributed by atoms with Gasteiger partial charge in [0.25, 0.3) is 0 Å². The number of nitrogens with one attached hydrogen (secondary N) is 1. The van der Waals surface area contributed by atoms with Crippen LogP contribution >= 0.6 is 11.6 Å². The average molecular weight is 280 g/mol. The van der Waals surface area contributed by atoms with Crippen molar-refractivity contribution in [1.29, 1.82) is 0 Å². The second-order valence-electron chi connectivity index (χ2n) is 2.89. The summed E-state index contributed by atoms with van der Waals surface area (Å²) in [6.45, 7) is 1.71. The summed E-state index contributed by atoms with van der Waals surface area (Å²) < 4.78 is 29.5. The Morgan fingerprint density at radius 2 is 2.18 bits per heavy atom. The topological polar surface area (TPSA) is 98.2 Å². The fourth-order valence-corrected chi connectivity index (χ4v) is 1.91. The van der Waals surface area contributed by atoms with Crippen molar-refractivity contribution in [3.8, 4) is 0 Å². The molecule has 0 aliphatic carbocycles. The molecule has 0 bridgehead atoms. The van der Waals surface area contributed by atoms with E-state index >= 15 is 0 Å². The summed E-state index contributed by atoms with van der Waals surface area (Å²) in [7, 11) is -3.84. The molecule has 9 heteroatoms. The van der Waals surface area contributed by atoms with E-state index in [1.165, 1.54) is 6.20 Å². The third kappa shape index (κ3) is 4.96. The smallest absolute Gasteiger partial charge is 0.323 e. The molecule has 0 atom stereocenters. The first-order valence-electron chi connectivity index (χ1n) is 4.56. The molecule has 0 aliphatic heterocycles. The monoisotopic (exact) mass is 279 g/mol. The summed E-state index contributed by atoms with van der Waals surface area (Å²) in [5.41, 5.74) is 0. The summed E-state index contributed by atoms with van der Waals surface area (Å²) in [4.78, 5) is 18.3. The Morgan fingerprint density at radius 3 is 2.71 bits per heavy atom. The highest BCUT2D eigenvalue weighted by atomic mass is 35.5. The van der Waals surface area contributed by atoms with Crippen molar-refractivity contribution in [3.63, 3.8) is 0 Å². The first-order chi connectivity index (χ1) is 7.93. The number of anilines is 1. The number of ether oxygens (including phenoxy) is 1. The maximum Gasteiger partial charge on any atom is 0.323 e. The zero-order valence-electron chi connectivity index (χ0n) is 8.88. The molecule has 0 radical (unpaired) electrons. The molecule has 0 saturated carbocycles. The van der Waals surface area contributed by atoms with E-state index in [0.717, 1.165) is 6.20 Å². The van der Waals surface area contributed by atoms with Crippen LogP contribution in [0.25, 0.3) is 0 Å². The van der Waals surface area contributed by atoms with Gasteiger partial charge in [-0.2, -0.15) is 0 Å². The number of carbonyl (C=O) groups excluding carboxylic acids is 1. The maximum atomic E-state index is 11.5. The van der Waals surface area contributed by atoms with Crippen molar-refractivity contribution in [3.05, 3.63) is 17.5 Å². The van der Waals surface area contributed by atoms with Gasteiger partial charge in [0.2, 0.25) is 10.0 Å². The molecule has 1 rings (SSSR count). The van der Waals surface area contributed by atoms with Crippen LogP contribution in [0.4, 0.5) is 5.82 Å². The van der Waals surface area contributed by atoms with Crippen LogP contribution in [0, 0.1) is 0 Å². The molecule has 0 aromatic carbocycles. The van der Waals surface area contributed by atoms with Crippen LogP contribution in [-0.4, -0.2) is 36.7 Å². The number of aromatic nitrogens is 2. The SMILES string of the molecule is CCOC(=O)CS(=O)(=O)Nc1cnc(Cl)cn1. The van der Waals surface area contributed by atoms with Crippen molar-refractivity contribution < 1.29 is 17.9 Å². The number of halogens is 1. The van der Waals surface area contributed by atoms with E-state index < -0.39 is 21.7 Å². The number of carbonyl (C=O) groups is 1. The molecule has 7 nitrogen and oxygen atoms in total. The van der Waals surface area contributed by atoms with Gasteiger partial charge in [-0.15, -0.1) is 0 Å². The Labute approximate surface area is 103 Å². The predicted molar refractivity (Wildman–Crippen MR) is 61.1 cm³/mol. The molecule has 94 valence electrons. The van der Waals surface area contributed by atoms with Crippen LogP contribution in [-0.2, 0) is 19.6 Å². The molecule has 17 heavy (non-hydrogen) atoms. The van der Waals surface area contributed by atoms with Gasteiger partial charge in [-0.3, -0.25) is 9.52 Å². The Morgan fingerprint density at radius 1 is 1.47 bits per heavy atom. The summed E-state index contributed by atoms with van der Waals surface area (Å²) >= 11 is 5.48. The number of nitrogens with zero attached hydrogens (tertiary/aromatic N) is 2. The van der Waals surface area contributed by atoms with Crippen molar-refractivity contribution in [2.45, 2.75) is 6.92 Å². The Bertz CT molecular complexity index is 488. The van der Waals surface area contributed by atoms with E-state index in [4.69, 9.17) is 11.6 Å². The summed E-state index contributed by atoms with van der Waals surface area (Å²) in [5, 5.41) is 0.137. The van der Waals surface area contributed by atoms with E-state index in [2.05, 4.69) is 19.4 Å². The van der Waals surface area contributed by atoms with Gasteiger partial charge in [-0.05, 0) is 6.92 Å². The first kappa shape index (κ1) is 13.7. The van der Waals surface area contributed by atoms with Gasteiger partial charge < -0.3 is 4.74 Å². The Hall–Kier alpha value is -1.41. The van der Waals surface area contributed by atoms with E-state index in [1.54, 1.807) is 6.92 Å². The molecule has 1 N–H and O–H groups in total. The highest BCUT2D eigenvalue weighted by Crippen LogP contribution is 2.07. The van der Waals surface area contributed by atoms with Gasteiger partial charge in [-0.1, -0.05) is 11.6 Å². The van der Waals surface area contributed by atoms with Crippen molar-refractivity contribution in [2.75, 3.05) is 17.1 Å². The summed E-state index contributed by atoms with van der Waals surface area (Å²) in [5.74, 6) is -1.62. The van der Waals surface area contributed by atoms with Crippen LogP contribution in [0.2, 0.25) is 5.15 Å². The Balaban J connectivity index is 2.66. The average Bonchev–Trinajstić information content (AvgIpc) is 2.20. The third-order valence-electron chi connectivity index (χ3n) is 1.49. The fourth-order valence-electron chi connectivity index (χ4n) is 0.918. The number of sulfonamides is 1. The van der Waals surface area contributed by atoms with Gasteiger partial charge in [-0.25, -0.2) is 18.4 Å². The maximum absolute atomic E-state index is 11.5. The molecule has 1 aromatic heterocycles. The van der Waals surface area contributed by atoms with Crippen molar-refractivity contribution in [2.24, 2.45) is 0 Å². The molecular formula is C8H10ClN3O4S. The molecule has 0 unspecified atom stereocenters. The third-order valence-corrected chi connectivity index (χ3v) is 2.82. The lowest BCUT2D eigenvalue weighted by molar-refractivity contribution is -0.139. The zero-order chi connectivity index (χ0) is 12.9. The molecule has 0 fully saturated rings. The number of rotatable bonds is 5. The highest BCUT2D eigenvalue weighted by molar-refractivity contribution is 7.93. The van der Waals surface area contributed by atoms with E-state index in [9.17, 15) is 13.2 Å². The van der Waals surface area contributed by atoms with Crippen LogP contribution in [0.3, 0.4) is 0 Å². The standard InChI is InChI=1S/C8H10ClN3O4S/c1-2-16-8(13)5-17(14,15)12-7-4-10-6(9)3-11-7/h3-4H,2,5H2,1H3,(H,11,12). The van der Waals surface area contributed by atoms with Gasteiger partial charge in [0.05, 0.1) is 19.0 Å². The largest absolute Gasteiger partial charge is 0.465 e. The predicted octanol–water partition coefficient (Wildman–Crippen LogP) is 0.435. The minimum Gasteiger partial charge on any atom is -0.465 e. The minimum absolute atomic E-state index is 0.0151. The van der Waals surface area contributed by atoms with Gasteiger partial charge in [0.1, 0.15) is 5.15 Å². The van der Waals surface area contributed by atoms with Gasteiger partial charge >= 0.3 is 5.97 Å². The van der Waals surface area contributed by atoms with Crippen LogP contribution < -0.4 is 4.72 Å². The van der Waals surface area contributed by atoms with Crippen LogP contribution in [0.5, 0.6) is 0 Å². The number of esters is 1. The molecular weight excluding hydrogens is 270 g/mol. The molecule has 1 heterocycles. The van der Waals surface area contributed by atoms with Gasteiger partial charge in [0, 0.05) is 0 Å². The first-order valence-corrected chi connectivity index (χ1v) is 6.59. The van der Waals surface area contributed by atoms with Crippen molar-refractivity contribution in [1.82, 2.24) is 9.97 Å². The van der Waals surface area contributed by atoms with E-state index in [1.807, 2.05) is 0 Å². The Kier molecular flexibility index (Phi) is 4.64. The second-order valence-corrected chi connectivity index (χ2v) is 5.00. The number of hydrogen-bond acceptors (Lipinski definition) is 6. The molecule has 1 aromatic rings. The normalized spacial score (nSPS) is 10.9. The lowest BCUT2D eigenvalue weighted by Crippen LogP contribution is -2.24. The van der Waals surface area contributed by atoms with Crippen molar-refractivity contribution >= 4 is 33.4 Å². The molecule has 0 aliphatic rings. The summed E-state index contributed by atoms with van der Waals surface area (Å²) in [6.07, 6.45) is 2.33. The zero-order valence-corrected chi connectivity index (χ0v) is 10.5. The van der Waals surface area contributed by atoms with Gasteiger partial charge in [0.15, 0.2) is 11.6 Å². The fraction of sp³-hybridized carbons (Fsp3) is 0.375. The van der Waals surface area contributed by atoms with E-state index in [-0.39, 0.29) is 17.6 Å². The van der Waals surface area contributed by atoms with Crippen LogP contribution in [0.1, 0.15) is 6.92 Å². The molecule has 0 saturated heterocycles. The highest BCUT2D eigenvalue weighted by Gasteiger charge is 2.17. The van der Waals surface area contributed by atoms with E-state index in [0.29, 0.717) is 0 Å². The second kappa shape index (κ2) is 5.78. The lowest BCUT2D eigenvalue weighted by atomic mass is 10.7.